The van der Waals surface area contributed by atoms with E-state index >= 15 is 0 Å². The Kier molecular flexibility index (Phi) is 2.62. The zero-order valence-corrected chi connectivity index (χ0v) is 10.1. The zero-order valence-electron chi connectivity index (χ0n) is 9.35. The molecule has 0 radical (unpaired) electrons. The Hall–Kier alpha value is -2.12. The molecule has 0 spiro atoms. The van der Waals surface area contributed by atoms with Crippen LogP contribution in [0.25, 0.3) is 11.4 Å². The van der Waals surface area contributed by atoms with Gasteiger partial charge in [-0.3, -0.25) is 0 Å². The fourth-order valence-electron chi connectivity index (χ4n) is 1.90. The van der Waals surface area contributed by atoms with Crippen molar-refractivity contribution < 1.29 is 4.74 Å². The predicted molar refractivity (Wildman–Crippen MR) is 66.4 cm³/mol. The minimum absolute atomic E-state index is 0.180. The van der Waals surface area contributed by atoms with Crippen molar-refractivity contribution in [2.45, 2.75) is 6.42 Å². The number of benzene rings is 1. The van der Waals surface area contributed by atoms with Gasteiger partial charge in [0.05, 0.1) is 12.8 Å². The topological polar surface area (TPSA) is 58.8 Å². The summed E-state index contributed by atoms with van der Waals surface area (Å²) in [6, 6.07) is 7.74. The van der Waals surface area contributed by atoms with Gasteiger partial charge in [-0.15, -0.1) is 0 Å². The average molecular weight is 258 g/mol. The number of halogens is 1. The summed E-state index contributed by atoms with van der Waals surface area (Å²) in [5.41, 5.74) is 2.31. The highest BCUT2D eigenvalue weighted by Crippen LogP contribution is 2.29. The van der Waals surface area contributed by atoms with E-state index in [0.717, 1.165) is 23.3 Å². The van der Waals surface area contributed by atoms with E-state index in [0.29, 0.717) is 12.4 Å². The number of rotatable bonds is 1. The largest absolute Gasteiger partial charge is 0.493 e. The molecule has 0 N–H and O–H groups in total. The molecule has 3 rings (SSSR count). The molecule has 0 atom stereocenters. The van der Waals surface area contributed by atoms with Gasteiger partial charge in [-0.2, -0.15) is 5.26 Å². The van der Waals surface area contributed by atoms with E-state index in [4.69, 9.17) is 21.6 Å². The first-order valence-corrected chi connectivity index (χ1v) is 5.84. The van der Waals surface area contributed by atoms with Gasteiger partial charge in [0, 0.05) is 12.0 Å². The van der Waals surface area contributed by atoms with Crippen molar-refractivity contribution in [1.29, 1.82) is 5.26 Å². The van der Waals surface area contributed by atoms with Gasteiger partial charge in [0.25, 0.3) is 0 Å². The summed E-state index contributed by atoms with van der Waals surface area (Å²) < 4.78 is 5.44. The molecular weight excluding hydrogens is 250 g/mol. The summed E-state index contributed by atoms with van der Waals surface area (Å²) in [6.07, 6.45) is 2.33. The Labute approximate surface area is 109 Å². The van der Waals surface area contributed by atoms with E-state index in [2.05, 4.69) is 9.97 Å². The maximum absolute atomic E-state index is 8.78. The van der Waals surface area contributed by atoms with Gasteiger partial charge in [0.2, 0.25) is 0 Å². The molecule has 1 aliphatic heterocycles. The third kappa shape index (κ3) is 1.79. The lowest BCUT2D eigenvalue weighted by Crippen LogP contribution is -1.92. The minimum atomic E-state index is 0.180. The van der Waals surface area contributed by atoms with Crippen LogP contribution in [0.2, 0.25) is 5.15 Å². The van der Waals surface area contributed by atoms with Crippen LogP contribution >= 0.6 is 11.6 Å². The minimum Gasteiger partial charge on any atom is -0.493 e. The Morgan fingerprint density at radius 1 is 1.39 bits per heavy atom. The van der Waals surface area contributed by atoms with Crippen LogP contribution in [0.5, 0.6) is 5.75 Å². The van der Waals surface area contributed by atoms with Crippen molar-refractivity contribution >= 4 is 11.6 Å². The normalized spacial score (nSPS) is 12.7. The lowest BCUT2D eigenvalue weighted by atomic mass is 10.1. The van der Waals surface area contributed by atoms with Gasteiger partial charge in [-0.05, 0) is 23.8 Å². The van der Waals surface area contributed by atoms with Crippen molar-refractivity contribution in [3.05, 3.63) is 40.7 Å². The second-order valence-electron chi connectivity index (χ2n) is 3.93. The van der Waals surface area contributed by atoms with Gasteiger partial charge in [-0.1, -0.05) is 11.6 Å². The Balaban J connectivity index is 2.05. The Bertz CT molecular complexity index is 655. The first-order chi connectivity index (χ1) is 8.78. The molecule has 1 aromatic carbocycles. The molecule has 0 aliphatic carbocycles. The molecule has 1 aromatic heterocycles. The molecule has 2 aromatic rings. The molecule has 5 heteroatoms. The molecule has 0 fully saturated rings. The highest BCUT2D eigenvalue weighted by Gasteiger charge is 2.14. The van der Waals surface area contributed by atoms with Crippen molar-refractivity contribution in [3.63, 3.8) is 0 Å². The maximum Gasteiger partial charge on any atom is 0.160 e. The van der Waals surface area contributed by atoms with Crippen LogP contribution in [0, 0.1) is 11.3 Å². The summed E-state index contributed by atoms with van der Waals surface area (Å²) in [4.78, 5) is 8.28. The van der Waals surface area contributed by atoms with Gasteiger partial charge in [0.1, 0.15) is 17.4 Å². The van der Waals surface area contributed by atoms with Crippen molar-refractivity contribution in [2.24, 2.45) is 0 Å². The first kappa shape index (κ1) is 11.0. The predicted octanol–water partition coefficient (Wildman–Crippen LogP) is 2.60. The maximum atomic E-state index is 8.78. The molecule has 0 saturated heterocycles. The lowest BCUT2D eigenvalue weighted by Gasteiger charge is -2.03. The smallest absolute Gasteiger partial charge is 0.160 e. The molecular formula is C13H8ClN3O. The monoisotopic (exact) mass is 257 g/mol. The fraction of sp³-hybridized carbons (Fsp3) is 0.154. The molecule has 2 heterocycles. The summed E-state index contributed by atoms with van der Waals surface area (Å²) in [6.45, 7) is 0.716. The highest BCUT2D eigenvalue weighted by molar-refractivity contribution is 6.30. The summed E-state index contributed by atoms with van der Waals surface area (Å²) in [5.74, 6) is 1.44. The van der Waals surface area contributed by atoms with E-state index in [1.807, 2.05) is 24.3 Å². The molecule has 0 bridgehead atoms. The van der Waals surface area contributed by atoms with E-state index in [9.17, 15) is 0 Å². The van der Waals surface area contributed by atoms with Crippen LogP contribution < -0.4 is 4.74 Å². The van der Waals surface area contributed by atoms with E-state index in [1.54, 1.807) is 0 Å². The number of nitriles is 1. The van der Waals surface area contributed by atoms with Crippen LogP contribution in [0.1, 0.15) is 11.1 Å². The summed E-state index contributed by atoms with van der Waals surface area (Å²) in [7, 11) is 0. The van der Waals surface area contributed by atoms with E-state index < -0.39 is 0 Å². The summed E-state index contributed by atoms with van der Waals surface area (Å²) in [5, 5.41) is 8.96. The van der Waals surface area contributed by atoms with Crippen LogP contribution in [-0.4, -0.2) is 16.6 Å². The van der Waals surface area contributed by atoms with Crippen LogP contribution in [0.15, 0.2) is 24.4 Å². The third-order valence-corrected chi connectivity index (χ3v) is 3.10. The van der Waals surface area contributed by atoms with Crippen LogP contribution in [-0.2, 0) is 6.42 Å². The number of fused-ring (bicyclic) bond motifs is 1. The fourth-order valence-corrected chi connectivity index (χ4v) is 2.07. The van der Waals surface area contributed by atoms with Crippen molar-refractivity contribution in [1.82, 2.24) is 9.97 Å². The number of hydrogen-bond donors (Lipinski definition) is 0. The van der Waals surface area contributed by atoms with E-state index in [1.165, 1.54) is 6.20 Å². The molecule has 0 unspecified atom stereocenters. The molecule has 4 nitrogen and oxygen atoms in total. The third-order valence-electron chi connectivity index (χ3n) is 2.81. The molecule has 0 saturated carbocycles. The molecule has 88 valence electrons. The number of aromatic nitrogens is 2. The Morgan fingerprint density at radius 2 is 2.28 bits per heavy atom. The van der Waals surface area contributed by atoms with Gasteiger partial charge in [-0.25, -0.2) is 9.97 Å². The second-order valence-corrected chi connectivity index (χ2v) is 4.29. The van der Waals surface area contributed by atoms with Gasteiger partial charge >= 0.3 is 0 Å². The number of nitrogens with zero attached hydrogens (tertiary/aromatic N) is 3. The van der Waals surface area contributed by atoms with Crippen molar-refractivity contribution in [3.8, 4) is 23.2 Å². The second kappa shape index (κ2) is 4.28. The summed E-state index contributed by atoms with van der Waals surface area (Å²) >= 11 is 5.90. The number of hydrogen-bond acceptors (Lipinski definition) is 4. The van der Waals surface area contributed by atoms with Crippen LogP contribution in [0.3, 0.4) is 0 Å². The molecule has 1 aliphatic rings. The first-order valence-electron chi connectivity index (χ1n) is 5.46. The molecule has 0 amide bonds. The quantitative estimate of drug-likeness (QED) is 0.737. The standard InChI is InChI=1S/C13H8ClN3O/c14-12-10(6-15)7-16-13(17-12)9-1-2-11-8(5-9)3-4-18-11/h1-2,5,7H,3-4H2. The molecule has 18 heavy (non-hydrogen) atoms. The van der Waals surface area contributed by atoms with Gasteiger partial charge < -0.3 is 4.74 Å². The van der Waals surface area contributed by atoms with E-state index in [-0.39, 0.29) is 10.7 Å². The lowest BCUT2D eigenvalue weighted by molar-refractivity contribution is 0.357. The highest BCUT2D eigenvalue weighted by atomic mass is 35.5. The number of ether oxygens (including phenoxy) is 1. The van der Waals surface area contributed by atoms with Crippen LogP contribution in [0.4, 0.5) is 0 Å². The average Bonchev–Trinajstić information content (AvgIpc) is 2.85. The van der Waals surface area contributed by atoms with Gasteiger partial charge in [0.15, 0.2) is 11.0 Å². The zero-order chi connectivity index (χ0) is 12.5. The Morgan fingerprint density at radius 3 is 3.06 bits per heavy atom. The SMILES string of the molecule is N#Cc1cnc(-c2ccc3c(c2)CCO3)nc1Cl. The van der Waals surface area contributed by atoms with Crippen molar-refractivity contribution in [2.75, 3.05) is 6.61 Å².